The van der Waals surface area contributed by atoms with Gasteiger partial charge in [-0.25, -0.2) is 0 Å². The van der Waals surface area contributed by atoms with E-state index in [0.717, 1.165) is 19.8 Å². The van der Waals surface area contributed by atoms with Crippen molar-refractivity contribution < 1.29 is 0 Å². The van der Waals surface area contributed by atoms with Crippen LogP contribution in [0.25, 0.3) is 0 Å². The van der Waals surface area contributed by atoms with Crippen LogP contribution in [-0.4, -0.2) is 31.2 Å². The third-order valence-electron chi connectivity index (χ3n) is 4.60. The predicted octanol–water partition coefficient (Wildman–Crippen LogP) is 5.66. The van der Waals surface area contributed by atoms with Crippen molar-refractivity contribution in [2.75, 3.05) is 26.3 Å². The summed E-state index contributed by atoms with van der Waals surface area (Å²) in [6.07, 6.45) is 25.9. The second-order valence-electron chi connectivity index (χ2n) is 6.87. The summed E-state index contributed by atoms with van der Waals surface area (Å²) in [4.78, 5) is 2.45. The number of nitrogens with zero attached hydrogens (tertiary/aromatic N) is 1. The van der Waals surface area contributed by atoms with Gasteiger partial charge >= 0.3 is 0 Å². The molecule has 0 bridgehead atoms. The first kappa shape index (κ1) is 20.4. The van der Waals surface area contributed by atoms with Gasteiger partial charge in [-0.3, -0.25) is 4.90 Å². The third kappa shape index (κ3) is 13.5. The minimum atomic E-state index is 1.06. The van der Waals surface area contributed by atoms with Gasteiger partial charge in [-0.1, -0.05) is 69.8 Å². The Morgan fingerprint density at radius 3 is 1.91 bits per heavy atom. The van der Waals surface area contributed by atoms with Gasteiger partial charge in [0.2, 0.25) is 0 Å². The summed E-state index contributed by atoms with van der Waals surface area (Å²) >= 11 is 0. The number of hydrogen-bond donors (Lipinski definition) is 1. The Kier molecular flexibility index (Phi) is 14.5. The Bertz CT molecular complexity index is 290. The molecule has 23 heavy (non-hydrogen) atoms. The molecule has 0 unspecified atom stereocenters. The molecule has 1 rings (SSSR count). The quantitative estimate of drug-likeness (QED) is 0.309. The van der Waals surface area contributed by atoms with Crippen LogP contribution in [-0.2, 0) is 0 Å². The monoisotopic (exact) mass is 320 g/mol. The molecule has 2 nitrogen and oxygen atoms in total. The van der Waals surface area contributed by atoms with E-state index in [9.17, 15) is 0 Å². The summed E-state index contributed by atoms with van der Waals surface area (Å²) in [6, 6.07) is 0. The predicted molar refractivity (Wildman–Crippen MR) is 104 cm³/mol. The number of allylic oxidation sites excluding steroid dienone is 3. The van der Waals surface area contributed by atoms with Gasteiger partial charge in [-0.05, 0) is 38.5 Å². The second-order valence-corrected chi connectivity index (χ2v) is 6.87. The summed E-state index contributed by atoms with van der Waals surface area (Å²) < 4.78 is 0. The first-order valence-corrected chi connectivity index (χ1v) is 10.2. The summed E-state index contributed by atoms with van der Waals surface area (Å²) in [6.45, 7) is 6.82. The Labute approximate surface area is 145 Å². The van der Waals surface area contributed by atoms with Crippen LogP contribution in [0.5, 0.6) is 0 Å². The van der Waals surface area contributed by atoms with E-state index in [1.807, 2.05) is 0 Å². The van der Waals surface area contributed by atoms with Crippen molar-refractivity contribution in [3.05, 3.63) is 24.3 Å². The molecule has 1 heterocycles. The molecule has 0 aromatic carbocycles. The fourth-order valence-electron chi connectivity index (χ4n) is 3.03. The zero-order valence-electron chi connectivity index (χ0n) is 15.6. The molecular formula is C21H40N2. The molecule has 0 aromatic rings. The molecule has 0 amide bonds. The highest BCUT2D eigenvalue weighted by Crippen LogP contribution is 2.08. The Morgan fingerprint density at radius 1 is 0.739 bits per heavy atom. The van der Waals surface area contributed by atoms with E-state index in [0.29, 0.717) is 0 Å². The van der Waals surface area contributed by atoms with Crippen molar-refractivity contribution >= 4 is 0 Å². The van der Waals surface area contributed by atoms with E-state index >= 15 is 0 Å². The first-order valence-electron chi connectivity index (χ1n) is 10.2. The zero-order chi connectivity index (χ0) is 16.4. The molecule has 0 radical (unpaired) electrons. The highest BCUT2D eigenvalue weighted by Gasteiger charge is 2.07. The van der Waals surface area contributed by atoms with Crippen molar-refractivity contribution in [2.45, 2.75) is 84.0 Å². The van der Waals surface area contributed by atoms with Gasteiger partial charge in [0, 0.05) is 26.3 Å². The Morgan fingerprint density at radius 2 is 1.30 bits per heavy atom. The maximum atomic E-state index is 3.36. The normalized spacial score (nSPS) is 16.2. The number of rotatable bonds is 15. The van der Waals surface area contributed by atoms with E-state index in [1.54, 1.807) is 0 Å². The SMILES string of the molecule is CCCCCCCC/C=C\CCCCCC=CCN1CCNC1. The van der Waals surface area contributed by atoms with E-state index in [2.05, 4.69) is 41.4 Å². The van der Waals surface area contributed by atoms with E-state index in [1.165, 1.54) is 83.6 Å². The number of unbranched alkanes of at least 4 members (excludes halogenated alkanes) is 10. The average Bonchev–Trinajstić information content (AvgIpc) is 3.08. The van der Waals surface area contributed by atoms with Crippen LogP contribution in [0.4, 0.5) is 0 Å². The summed E-state index contributed by atoms with van der Waals surface area (Å²) in [5.41, 5.74) is 0. The third-order valence-corrected chi connectivity index (χ3v) is 4.60. The van der Waals surface area contributed by atoms with Gasteiger partial charge in [0.05, 0.1) is 0 Å². The van der Waals surface area contributed by atoms with Crippen molar-refractivity contribution in [2.24, 2.45) is 0 Å². The lowest BCUT2D eigenvalue weighted by Gasteiger charge is -2.09. The smallest absolute Gasteiger partial charge is 0.0484 e. The van der Waals surface area contributed by atoms with E-state index < -0.39 is 0 Å². The van der Waals surface area contributed by atoms with Crippen LogP contribution in [0.2, 0.25) is 0 Å². The molecule has 0 atom stereocenters. The summed E-state index contributed by atoms with van der Waals surface area (Å²) in [7, 11) is 0. The maximum Gasteiger partial charge on any atom is 0.0484 e. The molecule has 2 heteroatoms. The molecule has 0 spiro atoms. The minimum Gasteiger partial charge on any atom is -0.303 e. The van der Waals surface area contributed by atoms with Gasteiger partial charge in [-0.15, -0.1) is 0 Å². The topological polar surface area (TPSA) is 15.3 Å². The number of hydrogen-bond acceptors (Lipinski definition) is 2. The van der Waals surface area contributed by atoms with Crippen LogP contribution in [0, 0.1) is 0 Å². The second kappa shape index (κ2) is 16.3. The van der Waals surface area contributed by atoms with Gasteiger partial charge in [0.25, 0.3) is 0 Å². The van der Waals surface area contributed by atoms with Gasteiger partial charge < -0.3 is 5.32 Å². The standard InChI is InChI=1S/C21H40N2/c1-2-3-4-5-6-7-8-9-10-11-12-13-14-15-16-17-19-23-20-18-22-21-23/h9-10,16-17,22H,2-8,11-15,18-21H2,1H3/b10-9-,17-16?. The van der Waals surface area contributed by atoms with Crippen molar-refractivity contribution in [3.63, 3.8) is 0 Å². The van der Waals surface area contributed by atoms with Crippen LogP contribution < -0.4 is 5.32 Å². The molecule has 134 valence electrons. The van der Waals surface area contributed by atoms with Crippen LogP contribution in [0.1, 0.15) is 84.0 Å². The van der Waals surface area contributed by atoms with Gasteiger partial charge in [0.15, 0.2) is 0 Å². The lowest BCUT2D eigenvalue weighted by atomic mass is 10.1. The molecule has 0 saturated carbocycles. The van der Waals surface area contributed by atoms with Gasteiger partial charge in [0.1, 0.15) is 0 Å². The largest absolute Gasteiger partial charge is 0.303 e. The number of nitrogens with one attached hydrogen (secondary N) is 1. The highest BCUT2D eigenvalue weighted by atomic mass is 15.3. The first-order chi connectivity index (χ1) is 11.4. The minimum absolute atomic E-state index is 1.06. The molecule has 1 aliphatic heterocycles. The van der Waals surface area contributed by atoms with Gasteiger partial charge in [-0.2, -0.15) is 0 Å². The summed E-state index contributed by atoms with van der Waals surface area (Å²) in [5, 5.41) is 3.36. The highest BCUT2D eigenvalue weighted by molar-refractivity contribution is 4.86. The molecule has 0 aliphatic carbocycles. The molecular weight excluding hydrogens is 280 g/mol. The van der Waals surface area contributed by atoms with Crippen molar-refractivity contribution in [1.82, 2.24) is 10.2 Å². The van der Waals surface area contributed by atoms with E-state index in [4.69, 9.17) is 0 Å². The maximum absolute atomic E-state index is 3.36. The van der Waals surface area contributed by atoms with Crippen LogP contribution in [0.15, 0.2) is 24.3 Å². The average molecular weight is 321 g/mol. The fraction of sp³-hybridized carbons (Fsp3) is 0.810. The van der Waals surface area contributed by atoms with Crippen LogP contribution >= 0.6 is 0 Å². The Hall–Kier alpha value is -0.600. The zero-order valence-corrected chi connectivity index (χ0v) is 15.6. The molecule has 1 aliphatic rings. The molecule has 1 fully saturated rings. The summed E-state index contributed by atoms with van der Waals surface area (Å²) in [5.74, 6) is 0. The molecule has 1 saturated heterocycles. The Balaban J connectivity index is 1.75. The van der Waals surface area contributed by atoms with E-state index in [-0.39, 0.29) is 0 Å². The van der Waals surface area contributed by atoms with Crippen molar-refractivity contribution in [3.8, 4) is 0 Å². The lowest BCUT2D eigenvalue weighted by molar-refractivity contribution is 0.372. The molecule has 1 N–H and O–H groups in total. The lowest BCUT2D eigenvalue weighted by Crippen LogP contribution is -2.21. The van der Waals surface area contributed by atoms with Crippen LogP contribution in [0.3, 0.4) is 0 Å². The van der Waals surface area contributed by atoms with Crippen molar-refractivity contribution in [1.29, 1.82) is 0 Å². The fourth-order valence-corrected chi connectivity index (χ4v) is 3.03. The molecule has 0 aromatic heterocycles.